The Bertz CT molecular complexity index is 642. The summed E-state index contributed by atoms with van der Waals surface area (Å²) < 4.78 is 26.9. The molecule has 0 spiro atoms. The largest absolute Gasteiger partial charge is 0.340 e. The Morgan fingerprint density at radius 3 is 2.24 bits per heavy atom. The third-order valence-corrected chi connectivity index (χ3v) is 6.20. The highest BCUT2D eigenvalue weighted by Gasteiger charge is 2.29. The van der Waals surface area contributed by atoms with Gasteiger partial charge in [0.05, 0.1) is 4.90 Å². The Morgan fingerprint density at radius 2 is 1.72 bits per heavy atom. The van der Waals surface area contributed by atoms with Gasteiger partial charge in [-0.15, -0.1) is 12.4 Å². The molecule has 1 fully saturated rings. The van der Waals surface area contributed by atoms with E-state index in [4.69, 9.17) is 5.73 Å². The zero-order chi connectivity index (χ0) is 17.6. The van der Waals surface area contributed by atoms with E-state index in [1.54, 1.807) is 17.0 Å². The minimum absolute atomic E-state index is 0. The van der Waals surface area contributed by atoms with Crippen molar-refractivity contribution in [3.63, 3.8) is 0 Å². The Balaban J connectivity index is 0.00000312. The third kappa shape index (κ3) is 5.67. The Labute approximate surface area is 156 Å². The second-order valence-electron chi connectivity index (χ2n) is 6.07. The number of sulfonamides is 1. The van der Waals surface area contributed by atoms with E-state index in [9.17, 15) is 13.2 Å². The summed E-state index contributed by atoms with van der Waals surface area (Å²) in [7, 11) is -3.48. The van der Waals surface area contributed by atoms with Crippen LogP contribution in [0.2, 0.25) is 0 Å². The smallest absolute Gasteiger partial charge is 0.243 e. The zero-order valence-electron chi connectivity index (χ0n) is 14.7. The molecular weight excluding hydrogens is 362 g/mol. The zero-order valence-corrected chi connectivity index (χ0v) is 16.3. The van der Waals surface area contributed by atoms with E-state index in [-0.39, 0.29) is 18.3 Å². The van der Waals surface area contributed by atoms with Gasteiger partial charge in [-0.1, -0.05) is 25.5 Å². The maximum absolute atomic E-state index is 12.7. The minimum atomic E-state index is -3.48. The van der Waals surface area contributed by atoms with Crippen molar-refractivity contribution in [3.8, 4) is 0 Å². The molecule has 1 heterocycles. The lowest BCUT2D eigenvalue weighted by Gasteiger charge is -2.34. The molecule has 1 saturated heterocycles. The van der Waals surface area contributed by atoms with Gasteiger partial charge in [0.1, 0.15) is 0 Å². The molecule has 6 nitrogen and oxygen atoms in total. The summed E-state index contributed by atoms with van der Waals surface area (Å²) in [5.74, 6) is 0.0569. The van der Waals surface area contributed by atoms with Gasteiger partial charge in [-0.05, 0) is 37.1 Å². The van der Waals surface area contributed by atoms with Gasteiger partial charge in [0.15, 0.2) is 0 Å². The van der Waals surface area contributed by atoms with E-state index in [0.29, 0.717) is 50.5 Å². The first-order chi connectivity index (χ1) is 11.5. The van der Waals surface area contributed by atoms with Crippen molar-refractivity contribution in [2.75, 3.05) is 32.7 Å². The van der Waals surface area contributed by atoms with Crippen molar-refractivity contribution in [2.45, 2.75) is 37.5 Å². The first kappa shape index (κ1) is 21.9. The first-order valence-corrected chi connectivity index (χ1v) is 10.00. The molecule has 0 unspecified atom stereocenters. The number of hydrogen-bond acceptors (Lipinski definition) is 4. The average molecular weight is 390 g/mol. The molecule has 1 aromatic carbocycles. The fourth-order valence-electron chi connectivity index (χ4n) is 2.86. The molecule has 8 heteroatoms. The summed E-state index contributed by atoms with van der Waals surface area (Å²) in [6.45, 7) is 4.15. The molecule has 1 aliphatic heterocycles. The highest BCUT2D eigenvalue weighted by Crippen LogP contribution is 2.19. The van der Waals surface area contributed by atoms with Crippen LogP contribution in [-0.2, 0) is 21.2 Å². The number of nitrogens with zero attached hydrogens (tertiary/aromatic N) is 2. The number of hydrogen-bond donors (Lipinski definition) is 1. The van der Waals surface area contributed by atoms with Gasteiger partial charge >= 0.3 is 0 Å². The van der Waals surface area contributed by atoms with E-state index in [2.05, 4.69) is 6.92 Å². The molecule has 0 aromatic heterocycles. The molecular formula is C17H28ClN3O3S. The molecule has 0 radical (unpaired) electrons. The van der Waals surface area contributed by atoms with Crippen molar-refractivity contribution in [1.29, 1.82) is 0 Å². The summed E-state index contributed by atoms with van der Waals surface area (Å²) >= 11 is 0. The van der Waals surface area contributed by atoms with Crippen LogP contribution in [-0.4, -0.2) is 56.3 Å². The number of amides is 1. The van der Waals surface area contributed by atoms with Crippen LogP contribution in [0.5, 0.6) is 0 Å². The maximum Gasteiger partial charge on any atom is 0.243 e. The van der Waals surface area contributed by atoms with Crippen LogP contribution in [0.1, 0.15) is 31.7 Å². The Kier molecular flexibility index (Phi) is 8.85. The predicted molar refractivity (Wildman–Crippen MR) is 101 cm³/mol. The fourth-order valence-corrected chi connectivity index (χ4v) is 4.28. The average Bonchev–Trinajstić information content (AvgIpc) is 2.60. The predicted octanol–water partition coefficient (Wildman–Crippen LogP) is 1.63. The molecule has 0 atom stereocenters. The summed E-state index contributed by atoms with van der Waals surface area (Å²) in [4.78, 5) is 14.0. The van der Waals surface area contributed by atoms with Gasteiger partial charge in [-0.2, -0.15) is 4.31 Å². The molecule has 2 rings (SSSR count). The monoisotopic (exact) mass is 389 g/mol. The van der Waals surface area contributed by atoms with Crippen molar-refractivity contribution in [3.05, 3.63) is 29.8 Å². The van der Waals surface area contributed by atoms with Gasteiger partial charge in [-0.25, -0.2) is 8.42 Å². The number of piperazine rings is 1. The highest BCUT2D eigenvalue weighted by atomic mass is 35.5. The van der Waals surface area contributed by atoms with Gasteiger partial charge in [0.2, 0.25) is 15.9 Å². The molecule has 1 amide bonds. The highest BCUT2D eigenvalue weighted by molar-refractivity contribution is 7.89. The van der Waals surface area contributed by atoms with Crippen molar-refractivity contribution >= 4 is 28.3 Å². The summed E-state index contributed by atoms with van der Waals surface area (Å²) in [5.41, 5.74) is 6.57. The van der Waals surface area contributed by atoms with Gasteiger partial charge in [0.25, 0.3) is 0 Å². The van der Waals surface area contributed by atoms with Crippen molar-refractivity contribution in [2.24, 2.45) is 5.73 Å². The standard InChI is InChI=1S/C17H27N3O3S.ClH/c1-2-4-15-6-8-16(9-7-15)24(22,23)20-13-11-19(12-14-20)17(21)5-3-10-18;/h6-9H,2-5,10-14,18H2,1H3;1H. The van der Waals surface area contributed by atoms with Gasteiger partial charge in [-0.3, -0.25) is 4.79 Å². The SMILES string of the molecule is CCCc1ccc(S(=O)(=O)N2CCN(C(=O)CCCN)CC2)cc1.Cl. The van der Waals surface area contributed by atoms with Crippen LogP contribution >= 0.6 is 12.4 Å². The molecule has 25 heavy (non-hydrogen) atoms. The van der Waals surface area contributed by atoms with Crippen LogP contribution in [0.4, 0.5) is 0 Å². The van der Waals surface area contributed by atoms with E-state index in [1.165, 1.54) is 4.31 Å². The fraction of sp³-hybridized carbons (Fsp3) is 0.588. The Hall–Kier alpha value is -1.15. The summed E-state index contributed by atoms with van der Waals surface area (Å²) in [5, 5.41) is 0. The lowest BCUT2D eigenvalue weighted by atomic mass is 10.1. The number of aryl methyl sites for hydroxylation is 1. The molecule has 1 aromatic rings. The molecule has 2 N–H and O–H groups in total. The normalized spacial score (nSPS) is 15.7. The quantitative estimate of drug-likeness (QED) is 0.768. The molecule has 1 aliphatic rings. The topological polar surface area (TPSA) is 83.7 Å². The van der Waals surface area contributed by atoms with Crippen LogP contribution in [0, 0.1) is 0 Å². The molecule has 142 valence electrons. The minimum Gasteiger partial charge on any atom is -0.340 e. The number of carbonyl (C=O) groups excluding carboxylic acids is 1. The first-order valence-electron chi connectivity index (χ1n) is 8.56. The third-order valence-electron chi connectivity index (χ3n) is 4.29. The second kappa shape index (κ2) is 10.1. The summed E-state index contributed by atoms with van der Waals surface area (Å²) in [6.07, 6.45) is 3.08. The van der Waals surface area contributed by atoms with E-state index < -0.39 is 10.0 Å². The van der Waals surface area contributed by atoms with Crippen molar-refractivity contribution < 1.29 is 13.2 Å². The molecule has 0 aliphatic carbocycles. The second-order valence-corrected chi connectivity index (χ2v) is 8.01. The maximum atomic E-state index is 12.7. The van der Waals surface area contributed by atoms with Gasteiger partial charge < -0.3 is 10.6 Å². The van der Waals surface area contributed by atoms with E-state index in [0.717, 1.165) is 18.4 Å². The lowest BCUT2D eigenvalue weighted by molar-refractivity contribution is -0.132. The van der Waals surface area contributed by atoms with Crippen LogP contribution in [0.15, 0.2) is 29.2 Å². The number of benzene rings is 1. The van der Waals surface area contributed by atoms with E-state index >= 15 is 0 Å². The molecule has 0 saturated carbocycles. The lowest BCUT2D eigenvalue weighted by Crippen LogP contribution is -2.50. The number of halogens is 1. The van der Waals surface area contributed by atoms with Crippen LogP contribution in [0.25, 0.3) is 0 Å². The van der Waals surface area contributed by atoms with Crippen LogP contribution in [0.3, 0.4) is 0 Å². The number of nitrogens with two attached hydrogens (primary N) is 1. The number of carbonyl (C=O) groups is 1. The number of rotatable bonds is 7. The van der Waals surface area contributed by atoms with Crippen molar-refractivity contribution in [1.82, 2.24) is 9.21 Å². The van der Waals surface area contributed by atoms with Gasteiger partial charge in [0, 0.05) is 32.6 Å². The summed E-state index contributed by atoms with van der Waals surface area (Å²) in [6, 6.07) is 7.12. The Morgan fingerprint density at radius 1 is 1.12 bits per heavy atom. The van der Waals surface area contributed by atoms with Crippen LogP contribution < -0.4 is 5.73 Å². The molecule has 0 bridgehead atoms. The van der Waals surface area contributed by atoms with E-state index in [1.807, 2.05) is 12.1 Å².